The van der Waals surface area contributed by atoms with Crippen molar-refractivity contribution >= 4 is 21.6 Å². The summed E-state index contributed by atoms with van der Waals surface area (Å²) in [4.78, 5) is 4.37. The molecule has 5 heteroatoms. The first-order chi connectivity index (χ1) is 9.22. The van der Waals surface area contributed by atoms with Crippen molar-refractivity contribution in [3.05, 3.63) is 59.1 Å². The molecule has 3 rings (SSSR count). The molecule has 0 unspecified atom stereocenters. The zero-order chi connectivity index (χ0) is 13.2. The van der Waals surface area contributed by atoms with Gasteiger partial charge in [-0.05, 0) is 24.3 Å². The molecule has 2 nitrogen and oxygen atoms in total. The molecule has 0 fully saturated rings. The molecule has 0 saturated heterocycles. The van der Waals surface area contributed by atoms with E-state index in [1.165, 1.54) is 17.4 Å². The molecule has 0 spiro atoms. The van der Waals surface area contributed by atoms with Gasteiger partial charge in [0.25, 0.3) is 0 Å². The number of para-hydroxylation sites is 1. The average Bonchev–Trinajstić information content (AvgIpc) is 2.80. The van der Waals surface area contributed by atoms with E-state index in [1.807, 2.05) is 24.3 Å². The van der Waals surface area contributed by atoms with Gasteiger partial charge >= 0.3 is 0 Å². The SMILES string of the molecule is Fc1ccc(OCc2nc3ccccc3s2)c(F)c1. The number of fused-ring (bicyclic) bond motifs is 1. The van der Waals surface area contributed by atoms with Crippen molar-refractivity contribution in [2.45, 2.75) is 6.61 Å². The van der Waals surface area contributed by atoms with E-state index in [9.17, 15) is 8.78 Å². The monoisotopic (exact) mass is 277 g/mol. The molecular weight excluding hydrogens is 268 g/mol. The van der Waals surface area contributed by atoms with Crippen molar-refractivity contribution in [2.75, 3.05) is 0 Å². The Labute approximate surface area is 112 Å². The summed E-state index contributed by atoms with van der Waals surface area (Å²) >= 11 is 1.49. The summed E-state index contributed by atoms with van der Waals surface area (Å²) in [5.74, 6) is -1.30. The minimum absolute atomic E-state index is 0.0284. The van der Waals surface area contributed by atoms with Gasteiger partial charge in [-0.2, -0.15) is 0 Å². The molecule has 0 N–H and O–H groups in total. The normalized spacial score (nSPS) is 10.8. The van der Waals surface area contributed by atoms with Crippen molar-refractivity contribution in [1.29, 1.82) is 0 Å². The molecular formula is C14H9F2NOS. The number of halogens is 2. The van der Waals surface area contributed by atoms with Crippen LogP contribution in [0.15, 0.2) is 42.5 Å². The van der Waals surface area contributed by atoms with Crippen LogP contribution in [-0.4, -0.2) is 4.98 Å². The standard InChI is InChI=1S/C14H9F2NOS/c15-9-5-6-12(10(16)7-9)18-8-14-17-11-3-1-2-4-13(11)19-14/h1-7H,8H2. The van der Waals surface area contributed by atoms with Crippen LogP contribution in [0, 0.1) is 11.6 Å². The second-order valence-corrected chi connectivity index (χ2v) is 5.05. The van der Waals surface area contributed by atoms with Crippen molar-refractivity contribution < 1.29 is 13.5 Å². The zero-order valence-electron chi connectivity index (χ0n) is 9.77. The Kier molecular flexibility index (Phi) is 3.13. The van der Waals surface area contributed by atoms with E-state index < -0.39 is 11.6 Å². The quantitative estimate of drug-likeness (QED) is 0.717. The van der Waals surface area contributed by atoms with Crippen LogP contribution in [0.2, 0.25) is 0 Å². The fourth-order valence-corrected chi connectivity index (χ4v) is 2.59. The van der Waals surface area contributed by atoms with Gasteiger partial charge in [-0.15, -0.1) is 11.3 Å². The van der Waals surface area contributed by atoms with E-state index in [1.54, 1.807) is 0 Å². The van der Waals surface area contributed by atoms with E-state index in [4.69, 9.17) is 4.74 Å². The lowest BCUT2D eigenvalue weighted by Gasteiger charge is -2.04. The van der Waals surface area contributed by atoms with Crippen molar-refractivity contribution in [1.82, 2.24) is 4.98 Å². The summed E-state index contributed by atoms with van der Waals surface area (Å²) in [6.45, 7) is 0.169. The molecule has 2 aromatic carbocycles. The maximum absolute atomic E-state index is 13.4. The van der Waals surface area contributed by atoms with Crippen molar-refractivity contribution in [3.8, 4) is 5.75 Å². The van der Waals surface area contributed by atoms with Crippen LogP contribution < -0.4 is 4.74 Å². The number of ether oxygens (including phenoxy) is 1. The number of rotatable bonds is 3. The van der Waals surface area contributed by atoms with Crippen LogP contribution in [0.25, 0.3) is 10.2 Å². The first-order valence-corrected chi connectivity index (χ1v) is 6.46. The summed E-state index contributed by atoms with van der Waals surface area (Å²) < 4.78 is 32.5. The lowest BCUT2D eigenvalue weighted by molar-refractivity contribution is 0.289. The average molecular weight is 277 g/mol. The lowest BCUT2D eigenvalue weighted by atomic mass is 10.3. The summed E-state index contributed by atoms with van der Waals surface area (Å²) in [5, 5.41) is 0.755. The van der Waals surface area contributed by atoms with Crippen LogP contribution in [0.4, 0.5) is 8.78 Å². The summed E-state index contributed by atoms with van der Waals surface area (Å²) in [7, 11) is 0. The second kappa shape index (κ2) is 4.93. The van der Waals surface area contributed by atoms with Gasteiger partial charge in [0.15, 0.2) is 11.6 Å². The van der Waals surface area contributed by atoms with Gasteiger partial charge in [-0.1, -0.05) is 12.1 Å². The summed E-state index contributed by atoms with van der Waals surface area (Å²) in [6, 6.07) is 11.0. The number of hydrogen-bond donors (Lipinski definition) is 0. The third-order valence-corrected chi connectivity index (χ3v) is 3.59. The van der Waals surface area contributed by atoms with Gasteiger partial charge in [0.05, 0.1) is 10.2 Å². The maximum atomic E-state index is 13.4. The van der Waals surface area contributed by atoms with Gasteiger partial charge in [-0.25, -0.2) is 13.8 Å². The Morgan fingerprint density at radius 2 is 1.95 bits per heavy atom. The number of aromatic nitrogens is 1. The molecule has 0 atom stereocenters. The van der Waals surface area contributed by atoms with Crippen LogP contribution in [-0.2, 0) is 6.61 Å². The molecule has 0 amide bonds. The van der Waals surface area contributed by atoms with Crippen LogP contribution >= 0.6 is 11.3 Å². The van der Waals surface area contributed by atoms with E-state index in [0.717, 1.165) is 27.4 Å². The molecule has 0 bridgehead atoms. The molecule has 0 aliphatic heterocycles. The molecule has 3 aromatic rings. The van der Waals surface area contributed by atoms with Gasteiger partial charge < -0.3 is 4.74 Å². The molecule has 19 heavy (non-hydrogen) atoms. The zero-order valence-corrected chi connectivity index (χ0v) is 10.6. The third kappa shape index (κ3) is 2.56. The Bertz CT molecular complexity index is 693. The maximum Gasteiger partial charge on any atom is 0.167 e. The first kappa shape index (κ1) is 12.0. The predicted molar refractivity (Wildman–Crippen MR) is 70.3 cm³/mol. The molecule has 0 radical (unpaired) electrons. The molecule has 0 saturated carbocycles. The van der Waals surface area contributed by atoms with Gasteiger partial charge in [0, 0.05) is 6.07 Å². The molecule has 0 aliphatic carbocycles. The second-order valence-electron chi connectivity index (χ2n) is 3.94. The van der Waals surface area contributed by atoms with Crippen LogP contribution in [0.5, 0.6) is 5.75 Å². The van der Waals surface area contributed by atoms with E-state index >= 15 is 0 Å². The van der Waals surface area contributed by atoms with Crippen molar-refractivity contribution in [3.63, 3.8) is 0 Å². The Morgan fingerprint density at radius 1 is 1.11 bits per heavy atom. The minimum atomic E-state index is -0.707. The summed E-state index contributed by atoms with van der Waals surface area (Å²) in [6.07, 6.45) is 0. The highest BCUT2D eigenvalue weighted by molar-refractivity contribution is 7.18. The number of thiazole rings is 1. The number of hydrogen-bond acceptors (Lipinski definition) is 3. The smallest absolute Gasteiger partial charge is 0.167 e. The minimum Gasteiger partial charge on any atom is -0.483 e. The molecule has 96 valence electrons. The highest BCUT2D eigenvalue weighted by Crippen LogP contribution is 2.24. The Hall–Kier alpha value is -2.01. The molecule has 1 heterocycles. The highest BCUT2D eigenvalue weighted by Gasteiger charge is 2.07. The number of nitrogens with zero attached hydrogens (tertiary/aromatic N) is 1. The highest BCUT2D eigenvalue weighted by atomic mass is 32.1. The van der Waals surface area contributed by atoms with E-state index in [0.29, 0.717) is 0 Å². The predicted octanol–water partition coefficient (Wildman–Crippen LogP) is 4.15. The van der Waals surface area contributed by atoms with Crippen LogP contribution in [0.1, 0.15) is 5.01 Å². The Morgan fingerprint density at radius 3 is 2.74 bits per heavy atom. The third-order valence-electron chi connectivity index (χ3n) is 2.58. The lowest BCUT2D eigenvalue weighted by Crippen LogP contribution is -1.97. The van der Waals surface area contributed by atoms with E-state index in [2.05, 4.69) is 4.98 Å². The number of benzene rings is 2. The topological polar surface area (TPSA) is 22.1 Å². The fourth-order valence-electron chi connectivity index (χ4n) is 1.71. The Balaban J connectivity index is 1.78. The first-order valence-electron chi connectivity index (χ1n) is 5.65. The van der Waals surface area contributed by atoms with Gasteiger partial charge in [0.1, 0.15) is 17.4 Å². The van der Waals surface area contributed by atoms with Crippen molar-refractivity contribution in [2.24, 2.45) is 0 Å². The van der Waals surface area contributed by atoms with E-state index in [-0.39, 0.29) is 12.4 Å². The van der Waals surface area contributed by atoms with Crippen LogP contribution in [0.3, 0.4) is 0 Å². The molecule has 1 aromatic heterocycles. The fraction of sp³-hybridized carbons (Fsp3) is 0.0714. The summed E-state index contributed by atoms with van der Waals surface area (Å²) in [5.41, 5.74) is 0.894. The molecule has 0 aliphatic rings. The van der Waals surface area contributed by atoms with Gasteiger partial charge in [-0.3, -0.25) is 0 Å². The van der Waals surface area contributed by atoms with Gasteiger partial charge in [0.2, 0.25) is 0 Å². The largest absolute Gasteiger partial charge is 0.483 e.